The number of anilines is 1. The highest BCUT2D eigenvalue weighted by Gasteiger charge is 2.18. The molecule has 0 unspecified atom stereocenters. The molecule has 2 aromatic heterocycles. The molecule has 3 heterocycles. The van der Waals surface area contributed by atoms with Crippen LogP contribution in [0.25, 0.3) is 11.2 Å². The summed E-state index contributed by atoms with van der Waals surface area (Å²) >= 11 is 0. The number of piperidine rings is 1. The van der Waals surface area contributed by atoms with Gasteiger partial charge < -0.3 is 10.6 Å². The SMILES string of the molecule is Cc1ccc(Cn2c(NC3CCNCC3)nc3cncnc32)c(C)c1. The molecule has 1 aromatic carbocycles. The van der Waals surface area contributed by atoms with Crippen molar-refractivity contribution in [3.05, 3.63) is 47.4 Å². The Balaban J connectivity index is 1.70. The van der Waals surface area contributed by atoms with Crippen molar-refractivity contribution in [1.82, 2.24) is 24.8 Å². The van der Waals surface area contributed by atoms with Crippen molar-refractivity contribution in [3.8, 4) is 0 Å². The fourth-order valence-electron chi connectivity index (χ4n) is 3.48. The Morgan fingerprint density at radius 3 is 2.88 bits per heavy atom. The van der Waals surface area contributed by atoms with Crippen molar-refractivity contribution in [2.75, 3.05) is 18.4 Å². The van der Waals surface area contributed by atoms with Gasteiger partial charge in [0.25, 0.3) is 0 Å². The van der Waals surface area contributed by atoms with Crippen LogP contribution in [-0.4, -0.2) is 38.7 Å². The van der Waals surface area contributed by atoms with E-state index in [1.54, 1.807) is 12.5 Å². The number of fused-ring (bicyclic) bond motifs is 1. The minimum absolute atomic E-state index is 0.448. The Kier molecular flexibility index (Phi) is 4.36. The summed E-state index contributed by atoms with van der Waals surface area (Å²) in [4.78, 5) is 13.4. The fourth-order valence-corrected chi connectivity index (χ4v) is 3.48. The summed E-state index contributed by atoms with van der Waals surface area (Å²) in [7, 11) is 0. The largest absolute Gasteiger partial charge is 0.353 e. The van der Waals surface area contributed by atoms with E-state index in [2.05, 4.69) is 57.2 Å². The summed E-state index contributed by atoms with van der Waals surface area (Å²) in [5.74, 6) is 0.891. The molecule has 1 saturated heterocycles. The van der Waals surface area contributed by atoms with E-state index in [-0.39, 0.29) is 0 Å². The first kappa shape index (κ1) is 16.0. The maximum atomic E-state index is 4.76. The second kappa shape index (κ2) is 6.80. The van der Waals surface area contributed by atoms with Crippen LogP contribution in [0.5, 0.6) is 0 Å². The Labute approximate surface area is 147 Å². The molecular weight excluding hydrogens is 312 g/mol. The molecule has 1 aliphatic rings. The molecular formula is C19H24N6. The van der Waals surface area contributed by atoms with Crippen molar-refractivity contribution in [1.29, 1.82) is 0 Å². The van der Waals surface area contributed by atoms with E-state index in [0.717, 1.165) is 49.6 Å². The Hall–Kier alpha value is -2.47. The molecule has 1 aliphatic heterocycles. The van der Waals surface area contributed by atoms with Gasteiger partial charge in [-0.2, -0.15) is 0 Å². The van der Waals surface area contributed by atoms with Gasteiger partial charge >= 0.3 is 0 Å². The fraction of sp³-hybridized carbons (Fsp3) is 0.421. The lowest BCUT2D eigenvalue weighted by atomic mass is 10.1. The van der Waals surface area contributed by atoms with E-state index in [9.17, 15) is 0 Å². The van der Waals surface area contributed by atoms with Gasteiger partial charge in [0.05, 0.1) is 12.7 Å². The standard InChI is InChI=1S/C19H24N6/c1-13-3-4-15(14(2)9-13)11-25-18-17(10-21-12-22-18)24-19(25)23-16-5-7-20-8-6-16/h3-4,9-10,12,16,20H,5-8,11H2,1-2H3,(H,23,24). The van der Waals surface area contributed by atoms with Crippen LogP contribution < -0.4 is 10.6 Å². The molecule has 3 aromatic rings. The van der Waals surface area contributed by atoms with E-state index < -0.39 is 0 Å². The monoisotopic (exact) mass is 336 g/mol. The second-order valence-electron chi connectivity index (χ2n) is 6.85. The maximum absolute atomic E-state index is 4.76. The van der Waals surface area contributed by atoms with Crippen molar-refractivity contribution in [2.24, 2.45) is 0 Å². The van der Waals surface area contributed by atoms with Crippen LogP contribution in [-0.2, 0) is 6.54 Å². The quantitative estimate of drug-likeness (QED) is 0.767. The smallest absolute Gasteiger partial charge is 0.205 e. The van der Waals surface area contributed by atoms with Crippen LogP contribution in [0.1, 0.15) is 29.5 Å². The summed E-state index contributed by atoms with van der Waals surface area (Å²) in [5.41, 5.74) is 5.59. The van der Waals surface area contributed by atoms with E-state index >= 15 is 0 Å². The first-order valence-corrected chi connectivity index (χ1v) is 8.90. The van der Waals surface area contributed by atoms with Gasteiger partial charge in [0.15, 0.2) is 5.65 Å². The Bertz CT molecular complexity index is 879. The van der Waals surface area contributed by atoms with Crippen LogP contribution >= 0.6 is 0 Å². The predicted octanol–water partition coefficient (Wildman–Crippen LogP) is 2.66. The number of nitrogens with one attached hydrogen (secondary N) is 2. The molecule has 4 rings (SSSR count). The minimum atomic E-state index is 0.448. The second-order valence-corrected chi connectivity index (χ2v) is 6.85. The maximum Gasteiger partial charge on any atom is 0.205 e. The van der Waals surface area contributed by atoms with Crippen LogP contribution in [0.15, 0.2) is 30.7 Å². The van der Waals surface area contributed by atoms with Crippen LogP contribution in [0, 0.1) is 13.8 Å². The highest BCUT2D eigenvalue weighted by molar-refractivity contribution is 5.73. The van der Waals surface area contributed by atoms with Gasteiger partial charge in [-0.25, -0.2) is 15.0 Å². The molecule has 2 N–H and O–H groups in total. The van der Waals surface area contributed by atoms with E-state index in [0.29, 0.717) is 6.04 Å². The zero-order chi connectivity index (χ0) is 17.2. The molecule has 0 aliphatic carbocycles. The molecule has 6 nitrogen and oxygen atoms in total. The number of imidazole rings is 1. The summed E-state index contributed by atoms with van der Waals surface area (Å²) in [5, 5.41) is 7.04. The first-order chi connectivity index (χ1) is 12.2. The highest BCUT2D eigenvalue weighted by Crippen LogP contribution is 2.22. The molecule has 1 fully saturated rings. The van der Waals surface area contributed by atoms with Crippen molar-refractivity contribution >= 4 is 17.1 Å². The summed E-state index contributed by atoms with van der Waals surface area (Å²) in [6, 6.07) is 7.04. The Morgan fingerprint density at radius 1 is 1.24 bits per heavy atom. The van der Waals surface area contributed by atoms with Crippen molar-refractivity contribution in [3.63, 3.8) is 0 Å². The van der Waals surface area contributed by atoms with Gasteiger partial charge in [-0.1, -0.05) is 23.8 Å². The number of hydrogen-bond acceptors (Lipinski definition) is 5. The molecule has 0 saturated carbocycles. The van der Waals surface area contributed by atoms with Gasteiger partial charge in [0.2, 0.25) is 5.95 Å². The zero-order valence-electron chi connectivity index (χ0n) is 14.8. The molecule has 6 heteroatoms. The molecule has 25 heavy (non-hydrogen) atoms. The lowest BCUT2D eigenvalue weighted by Crippen LogP contribution is -2.36. The van der Waals surface area contributed by atoms with E-state index in [1.165, 1.54) is 16.7 Å². The topological polar surface area (TPSA) is 67.7 Å². The first-order valence-electron chi connectivity index (χ1n) is 8.90. The third-order valence-electron chi connectivity index (χ3n) is 4.91. The van der Waals surface area contributed by atoms with Gasteiger partial charge in [0.1, 0.15) is 11.8 Å². The number of hydrogen-bond donors (Lipinski definition) is 2. The molecule has 0 spiro atoms. The highest BCUT2D eigenvalue weighted by atomic mass is 15.2. The molecule has 0 amide bonds. The third kappa shape index (κ3) is 3.35. The number of benzene rings is 1. The van der Waals surface area contributed by atoms with Gasteiger partial charge in [0, 0.05) is 6.04 Å². The number of nitrogens with zero attached hydrogens (tertiary/aromatic N) is 4. The average Bonchev–Trinajstić information content (AvgIpc) is 2.95. The molecule has 0 bridgehead atoms. The molecule has 0 atom stereocenters. The van der Waals surface area contributed by atoms with Crippen LogP contribution in [0.4, 0.5) is 5.95 Å². The van der Waals surface area contributed by atoms with Gasteiger partial charge in [-0.3, -0.25) is 4.57 Å². The van der Waals surface area contributed by atoms with Crippen molar-refractivity contribution in [2.45, 2.75) is 39.3 Å². The summed E-state index contributed by atoms with van der Waals surface area (Å²) < 4.78 is 2.18. The zero-order valence-corrected chi connectivity index (χ0v) is 14.8. The number of rotatable bonds is 4. The molecule has 0 radical (unpaired) electrons. The van der Waals surface area contributed by atoms with Crippen molar-refractivity contribution < 1.29 is 0 Å². The lowest BCUT2D eigenvalue weighted by Gasteiger charge is -2.24. The molecule has 130 valence electrons. The Morgan fingerprint density at radius 2 is 2.08 bits per heavy atom. The minimum Gasteiger partial charge on any atom is -0.353 e. The lowest BCUT2D eigenvalue weighted by molar-refractivity contribution is 0.476. The van der Waals surface area contributed by atoms with E-state index in [1.807, 2.05) is 0 Å². The number of aryl methyl sites for hydroxylation is 2. The average molecular weight is 336 g/mol. The van der Waals surface area contributed by atoms with Gasteiger partial charge in [-0.15, -0.1) is 0 Å². The summed E-state index contributed by atoms with van der Waals surface area (Å²) in [6.07, 6.45) is 5.60. The van der Waals surface area contributed by atoms with E-state index in [4.69, 9.17) is 4.98 Å². The normalized spacial score (nSPS) is 15.6. The predicted molar refractivity (Wildman–Crippen MR) is 99.9 cm³/mol. The third-order valence-corrected chi connectivity index (χ3v) is 4.91. The van der Waals surface area contributed by atoms with Gasteiger partial charge in [-0.05, 0) is 50.9 Å². The number of aromatic nitrogens is 4. The van der Waals surface area contributed by atoms with Crippen LogP contribution in [0.3, 0.4) is 0 Å². The van der Waals surface area contributed by atoms with Crippen LogP contribution in [0.2, 0.25) is 0 Å². The summed E-state index contributed by atoms with van der Waals surface area (Å²) in [6.45, 7) is 7.15.